The van der Waals surface area contributed by atoms with E-state index in [1.807, 2.05) is 24.3 Å². The third-order valence-corrected chi connectivity index (χ3v) is 6.77. The monoisotopic (exact) mass is 433 g/mol. The Morgan fingerprint density at radius 3 is 2.45 bits per heavy atom. The molecule has 1 aliphatic rings. The second kappa shape index (κ2) is 7.83. The van der Waals surface area contributed by atoms with E-state index in [1.165, 1.54) is 23.8 Å². The summed E-state index contributed by atoms with van der Waals surface area (Å²) in [6.45, 7) is 3.00. The van der Waals surface area contributed by atoms with Gasteiger partial charge in [0.15, 0.2) is 17.5 Å². The average molecular weight is 434 g/mol. The minimum absolute atomic E-state index is 0.353. The maximum Gasteiger partial charge on any atom is 0.182 e. The fraction of sp³-hybridized carbons (Fsp3) is 0.208. The summed E-state index contributed by atoms with van der Waals surface area (Å²) in [5, 5.41) is 0. The van der Waals surface area contributed by atoms with Crippen LogP contribution in [-0.2, 0) is 36.0 Å². The maximum atomic E-state index is 11.8. The summed E-state index contributed by atoms with van der Waals surface area (Å²) in [7, 11) is -2.71. The van der Waals surface area contributed by atoms with Gasteiger partial charge in [-0.25, -0.2) is 14.0 Å². The van der Waals surface area contributed by atoms with E-state index in [4.69, 9.17) is 13.9 Å². The maximum absolute atomic E-state index is 11.8. The molecule has 0 fully saturated rings. The van der Waals surface area contributed by atoms with Crippen molar-refractivity contribution in [3.8, 4) is 5.75 Å². The van der Waals surface area contributed by atoms with E-state index in [0.717, 1.165) is 36.3 Å². The molecule has 0 saturated heterocycles. The number of hydrogen-bond donors (Lipinski definition) is 1. The Morgan fingerprint density at radius 2 is 1.77 bits per heavy atom. The third-order valence-electron chi connectivity index (χ3n) is 5.60. The molecule has 31 heavy (non-hydrogen) atoms. The SMILES string of the molecule is CS(=N)(=O)c1ccc(COc2ccc(CN3Cc4ccccc4C3)c3ocnc23)cc1. The number of fused-ring (bicyclic) bond motifs is 2. The molecule has 6 nitrogen and oxygen atoms in total. The highest BCUT2D eigenvalue weighted by atomic mass is 32.2. The van der Waals surface area contributed by atoms with E-state index >= 15 is 0 Å². The lowest BCUT2D eigenvalue weighted by Crippen LogP contribution is -2.15. The molecule has 0 aliphatic carbocycles. The molecule has 0 saturated carbocycles. The van der Waals surface area contributed by atoms with Crippen LogP contribution in [0.25, 0.3) is 11.1 Å². The number of oxazole rings is 1. The van der Waals surface area contributed by atoms with Crippen molar-refractivity contribution < 1.29 is 13.4 Å². The molecule has 2 heterocycles. The Labute approximate surface area is 181 Å². The Morgan fingerprint density at radius 1 is 1.06 bits per heavy atom. The molecule has 158 valence electrons. The van der Waals surface area contributed by atoms with Crippen LogP contribution in [0.1, 0.15) is 22.3 Å². The zero-order valence-corrected chi connectivity index (χ0v) is 18.0. The number of rotatable bonds is 6. The van der Waals surface area contributed by atoms with Gasteiger partial charge in [0, 0.05) is 36.3 Å². The first-order chi connectivity index (χ1) is 15.0. The van der Waals surface area contributed by atoms with Gasteiger partial charge in [0.25, 0.3) is 0 Å². The number of nitrogens with zero attached hydrogens (tertiary/aromatic N) is 2. The van der Waals surface area contributed by atoms with Gasteiger partial charge in [-0.05, 0) is 34.9 Å². The van der Waals surface area contributed by atoms with Gasteiger partial charge in [-0.15, -0.1) is 0 Å². The van der Waals surface area contributed by atoms with E-state index in [2.05, 4.69) is 34.1 Å². The van der Waals surface area contributed by atoms with Crippen molar-refractivity contribution in [3.63, 3.8) is 0 Å². The molecule has 0 spiro atoms. The number of ether oxygens (including phenoxy) is 1. The molecule has 1 unspecified atom stereocenters. The topological polar surface area (TPSA) is 79.4 Å². The normalized spacial score (nSPS) is 15.6. The molecular weight excluding hydrogens is 410 g/mol. The second-order valence-corrected chi connectivity index (χ2v) is 10.1. The number of benzene rings is 3. The van der Waals surface area contributed by atoms with E-state index < -0.39 is 9.73 Å². The average Bonchev–Trinajstić information content (AvgIpc) is 3.40. The Balaban J connectivity index is 1.31. The highest BCUT2D eigenvalue weighted by molar-refractivity contribution is 7.91. The first kappa shape index (κ1) is 19.8. The van der Waals surface area contributed by atoms with Gasteiger partial charge in [-0.3, -0.25) is 4.90 Å². The molecule has 1 atom stereocenters. The van der Waals surface area contributed by atoms with Crippen molar-refractivity contribution in [1.82, 2.24) is 9.88 Å². The second-order valence-electron chi connectivity index (χ2n) is 7.94. The Hall–Kier alpha value is -3.16. The Bertz CT molecular complexity index is 1320. The molecule has 0 bridgehead atoms. The summed E-state index contributed by atoms with van der Waals surface area (Å²) in [5.41, 5.74) is 6.25. The zero-order chi connectivity index (χ0) is 21.4. The molecule has 1 N–H and O–H groups in total. The van der Waals surface area contributed by atoms with Gasteiger partial charge in [0.05, 0.1) is 9.73 Å². The van der Waals surface area contributed by atoms with Crippen molar-refractivity contribution in [2.45, 2.75) is 31.1 Å². The molecule has 0 radical (unpaired) electrons. The molecule has 4 aromatic rings. The van der Waals surface area contributed by atoms with E-state index in [1.54, 1.807) is 12.1 Å². The standard InChI is InChI=1S/C24H23N3O3S/c1-31(25,28)21-9-6-17(7-10-21)15-29-22-11-8-20(24-23(22)26-16-30-24)14-27-12-18-4-2-3-5-19(18)13-27/h2-11,16,25H,12-15H2,1H3. The van der Waals surface area contributed by atoms with E-state index in [9.17, 15) is 4.21 Å². The van der Waals surface area contributed by atoms with Gasteiger partial charge in [-0.2, -0.15) is 0 Å². The smallest absolute Gasteiger partial charge is 0.182 e. The van der Waals surface area contributed by atoms with Crippen LogP contribution in [0.3, 0.4) is 0 Å². The molecular formula is C24H23N3O3S. The quantitative estimate of drug-likeness (QED) is 0.465. The first-order valence-corrected chi connectivity index (χ1v) is 12.0. The summed E-state index contributed by atoms with van der Waals surface area (Å²) >= 11 is 0. The van der Waals surface area contributed by atoms with Crippen molar-refractivity contribution >= 4 is 20.8 Å². The Kier molecular flexibility index (Phi) is 5.00. The lowest BCUT2D eigenvalue weighted by atomic mass is 10.1. The van der Waals surface area contributed by atoms with Crippen LogP contribution in [0.2, 0.25) is 0 Å². The molecule has 1 aliphatic heterocycles. The third kappa shape index (κ3) is 4.06. The van der Waals surface area contributed by atoms with Crippen LogP contribution in [-0.4, -0.2) is 20.3 Å². The predicted molar refractivity (Wildman–Crippen MR) is 119 cm³/mol. The van der Waals surface area contributed by atoms with Crippen LogP contribution in [0.5, 0.6) is 5.75 Å². The van der Waals surface area contributed by atoms with Crippen molar-refractivity contribution in [2.75, 3.05) is 6.26 Å². The van der Waals surface area contributed by atoms with E-state index in [0.29, 0.717) is 22.8 Å². The molecule has 3 aromatic carbocycles. The van der Waals surface area contributed by atoms with Crippen LogP contribution in [0.15, 0.2) is 76.4 Å². The molecule has 5 rings (SSSR count). The van der Waals surface area contributed by atoms with Crippen molar-refractivity contribution in [3.05, 3.63) is 89.3 Å². The lowest BCUT2D eigenvalue weighted by Gasteiger charge is -2.15. The van der Waals surface area contributed by atoms with Crippen molar-refractivity contribution in [2.24, 2.45) is 0 Å². The van der Waals surface area contributed by atoms with Crippen LogP contribution in [0.4, 0.5) is 0 Å². The largest absolute Gasteiger partial charge is 0.486 e. The van der Waals surface area contributed by atoms with Crippen LogP contribution in [0, 0.1) is 4.78 Å². The van der Waals surface area contributed by atoms with Gasteiger partial charge in [0.1, 0.15) is 12.4 Å². The van der Waals surface area contributed by atoms with Gasteiger partial charge in [0.2, 0.25) is 0 Å². The van der Waals surface area contributed by atoms with Crippen LogP contribution < -0.4 is 4.74 Å². The summed E-state index contributed by atoms with van der Waals surface area (Å²) in [5.74, 6) is 0.668. The minimum Gasteiger partial charge on any atom is -0.486 e. The predicted octanol–water partition coefficient (Wildman–Crippen LogP) is 4.96. The number of hydrogen-bond acceptors (Lipinski definition) is 6. The fourth-order valence-corrected chi connectivity index (χ4v) is 4.64. The number of nitrogens with one attached hydrogen (secondary N) is 1. The van der Waals surface area contributed by atoms with Crippen LogP contribution >= 0.6 is 0 Å². The van der Waals surface area contributed by atoms with E-state index in [-0.39, 0.29) is 0 Å². The molecule has 0 amide bonds. The molecule has 7 heteroatoms. The highest BCUT2D eigenvalue weighted by Gasteiger charge is 2.20. The minimum atomic E-state index is -2.71. The zero-order valence-electron chi connectivity index (χ0n) is 17.2. The number of aromatic nitrogens is 1. The van der Waals surface area contributed by atoms with Gasteiger partial charge < -0.3 is 9.15 Å². The fourth-order valence-electron chi connectivity index (χ4n) is 3.98. The van der Waals surface area contributed by atoms with Crippen molar-refractivity contribution in [1.29, 1.82) is 4.78 Å². The first-order valence-electron chi connectivity index (χ1n) is 10.1. The molecule has 1 aromatic heterocycles. The summed E-state index contributed by atoms with van der Waals surface area (Å²) in [4.78, 5) is 7.29. The highest BCUT2D eigenvalue weighted by Crippen LogP contribution is 2.31. The summed E-state index contributed by atoms with van der Waals surface area (Å²) in [6, 6.07) is 19.7. The summed E-state index contributed by atoms with van der Waals surface area (Å²) in [6.07, 6.45) is 2.88. The van der Waals surface area contributed by atoms with Gasteiger partial charge in [-0.1, -0.05) is 42.5 Å². The van der Waals surface area contributed by atoms with Gasteiger partial charge >= 0.3 is 0 Å². The lowest BCUT2D eigenvalue weighted by molar-refractivity contribution is 0.275. The summed E-state index contributed by atoms with van der Waals surface area (Å²) < 4.78 is 31.2.